The van der Waals surface area contributed by atoms with Crippen LogP contribution in [0.1, 0.15) is 15.9 Å². The second kappa shape index (κ2) is 10.0. The Balaban J connectivity index is 1.43. The Hall–Kier alpha value is -4.74. The van der Waals surface area contributed by atoms with Crippen molar-refractivity contribution in [3.05, 3.63) is 69.8 Å². The molecule has 2 aromatic carbocycles. The molecule has 0 bridgehead atoms. The van der Waals surface area contributed by atoms with Crippen LogP contribution in [0.3, 0.4) is 0 Å². The van der Waals surface area contributed by atoms with Gasteiger partial charge in [0.15, 0.2) is 23.0 Å². The van der Waals surface area contributed by atoms with E-state index in [1.54, 1.807) is 43.0 Å². The standard InChI is InChI=1S/C23H22N6O6/c1-14-16(5-4-6-17(14)29(31)32)23(30)24-11-12-35-21-10-9-20-25-26-22(28(20)27-21)15-7-8-18(33-2)19(13-15)34-3/h4-10,13H,11-12H2,1-3H3,(H,24,30). The molecule has 0 unspecified atom stereocenters. The fraction of sp³-hybridized carbons (Fsp3) is 0.217. The molecular formula is C23H22N6O6. The van der Waals surface area contributed by atoms with Crippen LogP contribution in [0, 0.1) is 17.0 Å². The summed E-state index contributed by atoms with van der Waals surface area (Å²) >= 11 is 0. The topological polar surface area (TPSA) is 143 Å². The molecule has 0 saturated heterocycles. The van der Waals surface area contributed by atoms with Gasteiger partial charge in [-0.1, -0.05) is 6.07 Å². The van der Waals surface area contributed by atoms with Crippen molar-refractivity contribution in [2.45, 2.75) is 6.92 Å². The number of nitro groups is 1. The number of carbonyl (C=O) groups is 1. The van der Waals surface area contributed by atoms with Crippen LogP contribution in [0.25, 0.3) is 17.0 Å². The summed E-state index contributed by atoms with van der Waals surface area (Å²) in [7, 11) is 3.11. The van der Waals surface area contributed by atoms with E-state index < -0.39 is 10.8 Å². The average molecular weight is 478 g/mol. The number of amides is 1. The van der Waals surface area contributed by atoms with Crippen LogP contribution in [-0.2, 0) is 0 Å². The van der Waals surface area contributed by atoms with E-state index in [0.29, 0.717) is 34.4 Å². The molecule has 4 aromatic rings. The molecule has 180 valence electrons. The van der Waals surface area contributed by atoms with Gasteiger partial charge in [0.1, 0.15) is 6.61 Å². The number of nitro benzene ring substituents is 1. The molecule has 0 aliphatic carbocycles. The number of fused-ring (bicyclic) bond motifs is 1. The van der Waals surface area contributed by atoms with Crippen LogP contribution in [0.2, 0.25) is 0 Å². The minimum absolute atomic E-state index is 0.106. The van der Waals surface area contributed by atoms with Gasteiger partial charge < -0.3 is 19.5 Å². The molecular weight excluding hydrogens is 456 g/mol. The van der Waals surface area contributed by atoms with E-state index in [1.807, 2.05) is 6.07 Å². The van der Waals surface area contributed by atoms with Gasteiger partial charge in [0.05, 0.1) is 25.7 Å². The molecule has 12 heteroatoms. The summed E-state index contributed by atoms with van der Waals surface area (Å²) in [5.41, 5.74) is 1.68. The van der Waals surface area contributed by atoms with Gasteiger partial charge in [0.2, 0.25) is 5.88 Å². The minimum Gasteiger partial charge on any atom is -0.493 e. The first-order valence-electron chi connectivity index (χ1n) is 10.5. The van der Waals surface area contributed by atoms with Gasteiger partial charge >= 0.3 is 0 Å². The van der Waals surface area contributed by atoms with E-state index in [9.17, 15) is 14.9 Å². The second-order valence-electron chi connectivity index (χ2n) is 7.35. The first-order chi connectivity index (χ1) is 16.9. The van der Waals surface area contributed by atoms with Crippen molar-refractivity contribution < 1.29 is 23.9 Å². The number of rotatable bonds is 9. The Morgan fingerprint density at radius 3 is 2.63 bits per heavy atom. The highest BCUT2D eigenvalue weighted by atomic mass is 16.6. The largest absolute Gasteiger partial charge is 0.493 e. The molecule has 0 spiro atoms. The van der Waals surface area contributed by atoms with Crippen LogP contribution in [-0.4, -0.2) is 58.0 Å². The fourth-order valence-electron chi connectivity index (χ4n) is 3.49. The first-order valence-corrected chi connectivity index (χ1v) is 10.5. The molecule has 0 radical (unpaired) electrons. The normalized spacial score (nSPS) is 10.7. The lowest BCUT2D eigenvalue weighted by Crippen LogP contribution is -2.29. The van der Waals surface area contributed by atoms with E-state index >= 15 is 0 Å². The van der Waals surface area contributed by atoms with Crippen molar-refractivity contribution in [2.24, 2.45) is 0 Å². The zero-order valence-corrected chi connectivity index (χ0v) is 19.2. The summed E-state index contributed by atoms with van der Waals surface area (Å²) in [6.45, 7) is 1.84. The third-order valence-corrected chi connectivity index (χ3v) is 5.26. The molecule has 1 amide bonds. The van der Waals surface area contributed by atoms with Gasteiger partial charge in [-0.15, -0.1) is 15.3 Å². The third kappa shape index (κ3) is 4.81. The molecule has 1 N–H and O–H groups in total. The summed E-state index contributed by atoms with van der Waals surface area (Å²) < 4.78 is 17.9. The number of hydrogen-bond acceptors (Lipinski definition) is 9. The summed E-state index contributed by atoms with van der Waals surface area (Å²) in [6.07, 6.45) is 0. The number of carbonyl (C=O) groups excluding carboxylic acids is 1. The smallest absolute Gasteiger partial charge is 0.273 e. The number of hydrogen-bond donors (Lipinski definition) is 1. The van der Waals surface area contributed by atoms with Gasteiger partial charge in [0, 0.05) is 28.8 Å². The lowest BCUT2D eigenvalue weighted by molar-refractivity contribution is -0.385. The van der Waals surface area contributed by atoms with Crippen LogP contribution in [0.15, 0.2) is 48.5 Å². The maximum atomic E-state index is 12.4. The lowest BCUT2D eigenvalue weighted by atomic mass is 10.1. The van der Waals surface area contributed by atoms with Crippen LogP contribution in [0.5, 0.6) is 17.4 Å². The fourth-order valence-corrected chi connectivity index (χ4v) is 3.49. The maximum absolute atomic E-state index is 12.4. The highest BCUT2D eigenvalue weighted by molar-refractivity contribution is 5.96. The predicted molar refractivity (Wildman–Crippen MR) is 125 cm³/mol. The van der Waals surface area contributed by atoms with Gasteiger partial charge in [0.25, 0.3) is 11.6 Å². The Bertz CT molecular complexity index is 1400. The van der Waals surface area contributed by atoms with Crippen LogP contribution in [0.4, 0.5) is 5.69 Å². The Labute approximate surface area is 199 Å². The van der Waals surface area contributed by atoms with E-state index in [4.69, 9.17) is 14.2 Å². The number of ether oxygens (including phenoxy) is 3. The van der Waals surface area contributed by atoms with Crippen molar-refractivity contribution in [3.63, 3.8) is 0 Å². The van der Waals surface area contributed by atoms with Gasteiger partial charge in [-0.05, 0) is 37.3 Å². The number of benzene rings is 2. The van der Waals surface area contributed by atoms with Gasteiger partial charge in [-0.2, -0.15) is 4.52 Å². The Kier molecular flexibility index (Phi) is 6.71. The van der Waals surface area contributed by atoms with E-state index in [1.165, 1.54) is 25.1 Å². The zero-order chi connectivity index (χ0) is 24.9. The Morgan fingerprint density at radius 1 is 1.09 bits per heavy atom. The van der Waals surface area contributed by atoms with Crippen molar-refractivity contribution in [1.82, 2.24) is 25.1 Å². The van der Waals surface area contributed by atoms with E-state index in [2.05, 4.69) is 20.6 Å². The molecule has 4 rings (SSSR count). The number of aromatic nitrogens is 4. The van der Waals surface area contributed by atoms with E-state index in [0.717, 1.165) is 5.56 Å². The minimum atomic E-state index is -0.516. The lowest BCUT2D eigenvalue weighted by Gasteiger charge is -2.10. The van der Waals surface area contributed by atoms with Crippen molar-refractivity contribution in [3.8, 4) is 28.8 Å². The third-order valence-electron chi connectivity index (χ3n) is 5.26. The Morgan fingerprint density at radius 2 is 1.89 bits per heavy atom. The summed E-state index contributed by atoms with van der Waals surface area (Å²) in [4.78, 5) is 23.0. The number of nitrogens with zero attached hydrogens (tertiary/aromatic N) is 5. The number of methoxy groups -OCH3 is 2. The van der Waals surface area contributed by atoms with Gasteiger partial charge in [-0.25, -0.2) is 0 Å². The average Bonchev–Trinajstić information content (AvgIpc) is 3.29. The maximum Gasteiger partial charge on any atom is 0.273 e. The summed E-state index contributed by atoms with van der Waals surface area (Å²) in [6, 6.07) is 13.1. The monoisotopic (exact) mass is 478 g/mol. The zero-order valence-electron chi connectivity index (χ0n) is 19.2. The predicted octanol–water partition coefficient (Wildman–Crippen LogP) is 2.83. The van der Waals surface area contributed by atoms with E-state index in [-0.39, 0.29) is 24.4 Å². The number of nitrogens with one attached hydrogen (secondary N) is 1. The summed E-state index contributed by atoms with van der Waals surface area (Å²) in [5, 5.41) is 26.6. The molecule has 0 saturated carbocycles. The molecule has 2 aromatic heterocycles. The van der Waals surface area contributed by atoms with Gasteiger partial charge in [-0.3, -0.25) is 14.9 Å². The van der Waals surface area contributed by atoms with Crippen molar-refractivity contribution in [2.75, 3.05) is 27.4 Å². The highest BCUT2D eigenvalue weighted by Gasteiger charge is 2.18. The van der Waals surface area contributed by atoms with Crippen LogP contribution >= 0.6 is 0 Å². The molecule has 0 atom stereocenters. The van der Waals surface area contributed by atoms with Crippen molar-refractivity contribution >= 4 is 17.2 Å². The van der Waals surface area contributed by atoms with Crippen molar-refractivity contribution in [1.29, 1.82) is 0 Å². The SMILES string of the molecule is COc1ccc(-c2nnc3ccc(OCCNC(=O)c4cccc([N+](=O)[O-])c4C)nn23)cc1OC. The first kappa shape index (κ1) is 23.4. The van der Waals surface area contributed by atoms with Crippen LogP contribution < -0.4 is 19.5 Å². The second-order valence-corrected chi connectivity index (χ2v) is 7.35. The molecule has 0 aliphatic rings. The molecule has 2 heterocycles. The molecule has 12 nitrogen and oxygen atoms in total. The summed E-state index contributed by atoms with van der Waals surface area (Å²) in [5.74, 6) is 1.50. The highest BCUT2D eigenvalue weighted by Crippen LogP contribution is 2.31. The molecule has 0 fully saturated rings. The quantitative estimate of drug-likeness (QED) is 0.218. The molecule has 0 aliphatic heterocycles. The molecule has 35 heavy (non-hydrogen) atoms.